The smallest absolute Gasteiger partial charge is 0.269 e. The molecule has 0 radical (unpaired) electrons. The maximum atomic E-state index is 10.6. The van der Waals surface area contributed by atoms with Crippen molar-refractivity contribution in [3.63, 3.8) is 0 Å². The van der Waals surface area contributed by atoms with Gasteiger partial charge in [-0.1, -0.05) is 17.3 Å². The van der Waals surface area contributed by atoms with Crippen molar-refractivity contribution in [1.29, 1.82) is 0 Å². The van der Waals surface area contributed by atoms with Crippen LogP contribution in [0.3, 0.4) is 0 Å². The van der Waals surface area contributed by atoms with Crippen LogP contribution in [0, 0.1) is 17.0 Å². The van der Waals surface area contributed by atoms with Crippen molar-refractivity contribution in [3.05, 3.63) is 57.5 Å². The summed E-state index contributed by atoms with van der Waals surface area (Å²) in [5.41, 5.74) is 1.79. The first-order valence-electron chi connectivity index (χ1n) is 5.51. The molecular formula is C12H13N3O3. The average molecular weight is 247 g/mol. The second-order valence-corrected chi connectivity index (χ2v) is 3.96. The van der Waals surface area contributed by atoms with Crippen LogP contribution in [0.5, 0.6) is 0 Å². The van der Waals surface area contributed by atoms with Crippen molar-refractivity contribution >= 4 is 5.69 Å². The SMILES string of the molecule is Cc1cc(CNCc2cccc([N+](=O)[O-])c2)no1. The molecule has 6 nitrogen and oxygen atoms in total. The number of aromatic nitrogens is 1. The Morgan fingerprint density at radius 1 is 1.39 bits per heavy atom. The van der Waals surface area contributed by atoms with Gasteiger partial charge < -0.3 is 9.84 Å². The van der Waals surface area contributed by atoms with Gasteiger partial charge in [-0.15, -0.1) is 0 Å². The molecule has 0 amide bonds. The molecule has 1 aromatic carbocycles. The maximum Gasteiger partial charge on any atom is 0.269 e. The molecule has 2 aromatic rings. The van der Waals surface area contributed by atoms with Crippen molar-refractivity contribution in [2.45, 2.75) is 20.0 Å². The predicted octanol–water partition coefficient (Wildman–Crippen LogP) is 2.18. The van der Waals surface area contributed by atoms with E-state index in [0.717, 1.165) is 17.0 Å². The summed E-state index contributed by atoms with van der Waals surface area (Å²) >= 11 is 0. The van der Waals surface area contributed by atoms with Crippen molar-refractivity contribution in [1.82, 2.24) is 10.5 Å². The van der Waals surface area contributed by atoms with Crippen LogP contribution in [0.15, 0.2) is 34.9 Å². The Labute approximate surface area is 104 Å². The van der Waals surface area contributed by atoms with E-state index in [0.29, 0.717) is 13.1 Å². The van der Waals surface area contributed by atoms with E-state index in [1.807, 2.05) is 19.1 Å². The van der Waals surface area contributed by atoms with E-state index in [4.69, 9.17) is 4.52 Å². The summed E-state index contributed by atoms with van der Waals surface area (Å²) in [6, 6.07) is 8.40. The molecule has 18 heavy (non-hydrogen) atoms. The quantitative estimate of drug-likeness (QED) is 0.647. The Morgan fingerprint density at radius 2 is 2.22 bits per heavy atom. The average Bonchev–Trinajstić information content (AvgIpc) is 2.75. The zero-order valence-electron chi connectivity index (χ0n) is 9.92. The highest BCUT2D eigenvalue weighted by atomic mass is 16.6. The van der Waals surface area contributed by atoms with E-state index in [9.17, 15) is 10.1 Å². The van der Waals surface area contributed by atoms with E-state index < -0.39 is 4.92 Å². The maximum absolute atomic E-state index is 10.6. The van der Waals surface area contributed by atoms with Gasteiger partial charge in [0, 0.05) is 31.3 Å². The first-order chi connectivity index (χ1) is 8.65. The van der Waals surface area contributed by atoms with Crippen LogP contribution in [-0.4, -0.2) is 10.1 Å². The summed E-state index contributed by atoms with van der Waals surface area (Å²) in [5.74, 6) is 0.766. The molecule has 6 heteroatoms. The van der Waals surface area contributed by atoms with Crippen LogP contribution < -0.4 is 5.32 Å². The molecule has 0 atom stereocenters. The molecule has 1 aromatic heterocycles. The molecule has 0 bridgehead atoms. The van der Waals surface area contributed by atoms with Gasteiger partial charge in [0.1, 0.15) is 5.76 Å². The Morgan fingerprint density at radius 3 is 2.89 bits per heavy atom. The van der Waals surface area contributed by atoms with Gasteiger partial charge in [0.15, 0.2) is 0 Å². The van der Waals surface area contributed by atoms with Crippen LogP contribution in [0.2, 0.25) is 0 Å². The molecule has 0 unspecified atom stereocenters. The third-order valence-electron chi connectivity index (χ3n) is 2.43. The molecule has 0 spiro atoms. The van der Waals surface area contributed by atoms with Crippen molar-refractivity contribution in [3.8, 4) is 0 Å². The highest BCUT2D eigenvalue weighted by molar-refractivity contribution is 5.34. The van der Waals surface area contributed by atoms with Crippen LogP contribution in [0.1, 0.15) is 17.0 Å². The normalized spacial score (nSPS) is 10.5. The minimum atomic E-state index is -0.398. The topological polar surface area (TPSA) is 81.2 Å². The number of benzene rings is 1. The number of aryl methyl sites for hydroxylation is 1. The minimum Gasteiger partial charge on any atom is -0.361 e. The van der Waals surface area contributed by atoms with Crippen molar-refractivity contribution in [2.75, 3.05) is 0 Å². The predicted molar refractivity (Wildman–Crippen MR) is 64.9 cm³/mol. The van der Waals surface area contributed by atoms with Crippen molar-refractivity contribution in [2.24, 2.45) is 0 Å². The van der Waals surface area contributed by atoms with E-state index in [-0.39, 0.29) is 5.69 Å². The molecule has 1 heterocycles. The Kier molecular flexibility index (Phi) is 3.69. The number of nitrogens with zero attached hydrogens (tertiary/aromatic N) is 2. The fraction of sp³-hybridized carbons (Fsp3) is 0.250. The zero-order valence-corrected chi connectivity index (χ0v) is 9.92. The summed E-state index contributed by atoms with van der Waals surface area (Å²) in [4.78, 5) is 10.2. The molecule has 0 aliphatic carbocycles. The highest BCUT2D eigenvalue weighted by Crippen LogP contribution is 2.12. The first kappa shape index (κ1) is 12.3. The number of hydrogen-bond acceptors (Lipinski definition) is 5. The fourth-order valence-electron chi connectivity index (χ4n) is 1.62. The largest absolute Gasteiger partial charge is 0.361 e. The fourth-order valence-corrected chi connectivity index (χ4v) is 1.62. The number of rotatable bonds is 5. The van der Waals surface area contributed by atoms with E-state index >= 15 is 0 Å². The first-order valence-corrected chi connectivity index (χ1v) is 5.51. The molecule has 0 saturated carbocycles. The number of hydrogen-bond donors (Lipinski definition) is 1. The molecule has 0 aliphatic rings. The van der Waals surface area contributed by atoms with E-state index in [1.165, 1.54) is 6.07 Å². The lowest BCUT2D eigenvalue weighted by Gasteiger charge is -2.02. The van der Waals surface area contributed by atoms with Gasteiger partial charge in [-0.2, -0.15) is 0 Å². The van der Waals surface area contributed by atoms with Crippen LogP contribution in [0.25, 0.3) is 0 Å². The molecule has 0 saturated heterocycles. The molecule has 0 fully saturated rings. The van der Waals surface area contributed by atoms with E-state index in [1.54, 1.807) is 12.1 Å². The van der Waals surface area contributed by atoms with Gasteiger partial charge in [-0.05, 0) is 12.5 Å². The summed E-state index contributed by atoms with van der Waals surface area (Å²) in [5, 5.41) is 17.6. The summed E-state index contributed by atoms with van der Waals surface area (Å²) in [7, 11) is 0. The second-order valence-electron chi connectivity index (χ2n) is 3.96. The number of non-ortho nitro benzene ring substituents is 1. The Bertz CT molecular complexity index is 551. The number of nitro benzene ring substituents is 1. The zero-order chi connectivity index (χ0) is 13.0. The summed E-state index contributed by atoms with van der Waals surface area (Å²) in [6.07, 6.45) is 0. The van der Waals surface area contributed by atoms with Gasteiger partial charge >= 0.3 is 0 Å². The molecule has 0 aliphatic heterocycles. The van der Waals surface area contributed by atoms with Crippen LogP contribution >= 0.6 is 0 Å². The van der Waals surface area contributed by atoms with E-state index in [2.05, 4.69) is 10.5 Å². The van der Waals surface area contributed by atoms with Gasteiger partial charge in [-0.25, -0.2) is 0 Å². The minimum absolute atomic E-state index is 0.103. The van der Waals surface area contributed by atoms with Crippen LogP contribution in [0.4, 0.5) is 5.69 Å². The lowest BCUT2D eigenvalue weighted by atomic mass is 10.2. The van der Waals surface area contributed by atoms with Crippen LogP contribution in [-0.2, 0) is 13.1 Å². The van der Waals surface area contributed by atoms with Gasteiger partial charge in [0.25, 0.3) is 5.69 Å². The summed E-state index contributed by atoms with van der Waals surface area (Å²) in [6.45, 7) is 2.95. The lowest BCUT2D eigenvalue weighted by molar-refractivity contribution is -0.384. The standard InChI is InChI=1S/C12H13N3O3/c1-9-5-11(14-18-9)8-13-7-10-3-2-4-12(6-10)15(16)17/h2-6,13H,7-8H2,1H3. The molecule has 2 rings (SSSR count). The number of nitrogens with one attached hydrogen (secondary N) is 1. The van der Waals surface area contributed by atoms with Gasteiger partial charge in [0.05, 0.1) is 10.6 Å². The third-order valence-corrected chi connectivity index (χ3v) is 2.43. The van der Waals surface area contributed by atoms with Crippen molar-refractivity contribution < 1.29 is 9.45 Å². The Balaban J connectivity index is 1.90. The lowest BCUT2D eigenvalue weighted by Crippen LogP contribution is -2.12. The molecular weight excluding hydrogens is 234 g/mol. The van der Waals surface area contributed by atoms with Gasteiger partial charge in [0.2, 0.25) is 0 Å². The Hall–Kier alpha value is -2.21. The van der Waals surface area contributed by atoms with Gasteiger partial charge in [-0.3, -0.25) is 10.1 Å². The third kappa shape index (κ3) is 3.14. The summed E-state index contributed by atoms with van der Waals surface area (Å²) < 4.78 is 4.94. The monoisotopic (exact) mass is 247 g/mol. The molecule has 1 N–H and O–H groups in total. The second kappa shape index (κ2) is 5.42. The number of nitro groups is 1. The highest BCUT2D eigenvalue weighted by Gasteiger charge is 2.05. The molecule has 94 valence electrons.